The number of benzene rings is 1. The molecule has 2 N–H and O–H groups in total. The number of amides is 2. The van der Waals surface area contributed by atoms with E-state index in [4.69, 9.17) is 4.74 Å². The van der Waals surface area contributed by atoms with Gasteiger partial charge in [-0.2, -0.15) is 0 Å². The minimum absolute atomic E-state index is 0.0116. The SMILES string of the molecule is Cc1ccc(NS(=O)(=O)c2ccc3c(c2)NC(=O)[C@@H](C(=O)N2CCOCC2)S3)nc1. The largest absolute Gasteiger partial charge is 0.378 e. The molecule has 4 rings (SSSR count). The zero-order valence-electron chi connectivity index (χ0n) is 16.1. The van der Waals surface area contributed by atoms with E-state index in [0.29, 0.717) is 36.9 Å². The van der Waals surface area contributed by atoms with E-state index in [1.807, 2.05) is 6.92 Å². The summed E-state index contributed by atoms with van der Waals surface area (Å²) in [6.07, 6.45) is 1.56. The molecule has 30 heavy (non-hydrogen) atoms. The van der Waals surface area contributed by atoms with Gasteiger partial charge in [-0.3, -0.25) is 14.3 Å². The summed E-state index contributed by atoms with van der Waals surface area (Å²) in [5, 5.41) is 1.76. The number of carbonyl (C=O) groups is 2. The predicted molar refractivity (Wildman–Crippen MR) is 112 cm³/mol. The average Bonchev–Trinajstić information content (AvgIpc) is 2.74. The molecule has 0 spiro atoms. The monoisotopic (exact) mass is 448 g/mol. The molecular formula is C19H20N4O5S2. The molecule has 2 amide bonds. The van der Waals surface area contributed by atoms with Crippen molar-refractivity contribution in [1.29, 1.82) is 0 Å². The Balaban J connectivity index is 1.53. The molecule has 0 saturated carbocycles. The summed E-state index contributed by atoms with van der Waals surface area (Å²) in [5.41, 5.74) is 1.27. The van der Waals surface area contributed by atoms with Gasteiger partial charge in [0.05, 0.1) is 23.8 Å². The molecule has 11 heteroatoms. The first-order valence-electron chi connectivity index (χ1n) is 9.27. The summed E-state index contributed by atoms with van der Waals surface area (Å²) in [7, 11) is -3.89. The maximum atomic E-state index is 12.7. The van der Waals surface area contributed by atoms with Gasteiger partial charge in [0.2, 0.25) is 11.8 Å². The number of ether oxygens (including phenoxy) is 1. The van der Waals surface area contributed by atoms with Gasteiger partial charge in [0, 0.05) is 24.2 Å². The summed E-state index contributed by atoms with van der Waals surface area (Å²) in [5.74, 6) is -0.533. The second kappa shape index (κ2) is 8.25. The lowest BCUT2D eigenvalue weighted by Gasteiger charge is -2.31. The molecule has 2 aliphatic rings. The molecule has 2 aromatic rings. The van der Waals surface area contributed by atoms with Crippen LogP contribution in [0.1, 0.15) is 5.56 Å². The van der Waals surface area contributed by atoms with Crippen LogP contribution >= 0.6 is 11.8 Å². The number of aryl methyl sites for hydroxylation is 1. The van der Waals surface area contributed by atoms with E-state index in [2.05, 4.69) is 15.0 Å². The first kappa shape index (κ1) is 20.6. The molecule has 0 radical (unpaired) electrons. The van der Waals surface area contributed by atoms with Crippen LogP contribution in [0.4, 0.5) is 11.5 Å². The van der Waals surface area contributed by atoms with Gasteiger partial charge < -0.3 is 15.0 Å². The van der Waals surface area contributed by atoms with Crippen molar-refractivity contribution in [2.45, 2.75) is 22.0 Å². The number of rotatable bonds is 4. The quantitative estimate of drug-likeness (QED) is 0.680. The van der Waals surface area contributed by atoms with Crippen molar-refractivity contribution in [3.8, 4) is 0 Å². The molecular weight excluding hydrogens is 428 g/mol. The molecule has 0 unspecified atom stereocenters. The van der Waals surface area contributed by atoms with E-state index in [9.17, 15) is 18.0 Å². The summed E-state index contributed by atoms with van der Waals surface area (Å²) < 4.78 is 33.0. The van der Waals surface area contributed by atoms with Gasteiger partial charge in [-0.15, -0.1) is 11.8 Å². The Labute approximate surface area is 178 Å². The lowest BCUT2D eigenvalue weighted by molar-refractivity contribution is -0.137. The summed E-state index contributed by atoms with van der Waals surface area (Å²) in [4.78, 5) is 31.5. The standard InChI is InChI=1S/C19H20N4O5S2/c1-12-2-5-16(20-11-12)22-30(26,27)13-3-4-15-14(10-13)21-18(24)17(29-15)19(25)23-6-8-28-9-7-23/h2-5,10-11,17H,6-9H2,1H3,(H,20,22)(H,21,24)/t17-/m0/s1. The smallest absolute Gasteiger partial charge is 0.263 e. The van der Waals surface area contributed by atoms with Crippen molar-refractivity contribution >= 4 is 45.1 Å². The Morgan fingerprint density at radius 3 is 2.73 bits per heavy atom. The first-order chi connectivity index (χ1) is 14.3. The van der Waals surface area contributed by atoms with Crippen LogP contribution < -0.4 is 10.0 Å². The van der Waals surface area contributed by atoms with Crippen LogP contribution in [-0.4, -0.2) is 61.7 Å². The maximum absolute atomic E-state index is 12.7. The van der Waals surface area contributed by atoms with Gasteiger partial charge >= 0.3 is 0 Å². The zero-order chi connectivity index (χ0) is 21.3. The highest BCUT2D eigenvalue weighted by atomic mass is 32.2. The van der Waals surface area contributed by atoms with E-state index in [0.717, 1.165) is 17.3 Å². The average molecular weight is 449 g/mol. The van der Waals surface area contributed by atoms with Crippen LogP contribution in [0.3, 0.4) is 0 Å². The van der Waals surface area contributed by atoms with Crippen molar-refractivity contribution in [2.24, 2.45) is 0 Å². The molecule has 1 atom stereocenters. The summed E-state index contributed by atoms with van der Waals surface area (Å²) in [6.45, 7) is 3.65. The molecule has 1 fully saturated rings. The Bertz CT molecular complexity index is 1080. The van der Waals surface area contributed by atoms with Gasteiger partial charge in [-0.1, -0.05) is 6.07 Å². The Morgan fingerprint density at radius 1 is 1.27 bits per heavy atom. The lowest BCUT2D eigenvalue weighted by Crippen LogP contribution is -2.49. The van der Waals surface area contributed by atoms with Crippen LogP contribution in [-0.2, 0) is 24.3 Å². The molecule has 0 aliphatic carbocycles. The van der Waals surface area contributed by atoms with Crippen molar-refractivity contribution in [2.75, 3.05) is 36.3 Å². The minimum Gasteiger partial charge on any atom is -0.378 e. The molecule has 1 saturated heterocycles. The van der Waals surface area contributed by atoms with Gasteiger partial charge in [-0.25, -0.2) is 13.4 Å². The molecule has 1 aromatic carbocycles. The van der Waals surface area contributed by atoms with Crippen molar-refractivity contribution in [3.05, 3.63) is 42.1 Å². The number of pyridine rings is 1. The maximum Gasteiger partial charge on any atom is 0.263 e. The lowest BCUT2D eigenvalue weighted by atomic mass is 10.2. The number of aromatic nitrogens is 1. The number of carbonyl (C=O) groups excluding carboxylic acids is 2. The fourth-order valence-corrected chi connectivity index (χ4v) is 5.18. The zero-order valence-corrected chi connectivity index (χ0v) is 17.8. The third-order valence-electron chi connectivity index (χ3n) is 4.70. The van der Waals surface area contributed by atoms with Gasteiger partial charge in [-0.05, 0) is 36.8 Å². The number of anilines is 2. The third-order valence-corrected chi connectivity index (χ3v) is 7.31. The number of sulfonamides is 1. The van der Waals surface area contributed by atoms with Gasteiger partial charge in [0.25, 0.3) is 10.0 Å². The van der Waals surface area contributed by atoms with E-state index in [1.54, 1.807) is 29.3 Å². The molecule has 2 aliphatic heterocycles. The fourth-order valence-electron chi connectivity index (χ4n) is 3.09. The van der Waals surface area contributed by atoms with Crippen LogP contribution in [0.15, 0.2) is 46.3 Å². The Kier molecular flexibility index (Phi) is 5.67. The molecule has 3 heterocycles. The Hall–Kier alpha value is -2.63. The molecule has 158 valence electrons. The summed E-state index contributed by atoms with van der Waals surface area (Å²) in [6, 6.07) is 7.74. The number of nitrogens with zero attached hydrogens (tertiary/aromatic N) is 2. The van der Waals surface area contributed by atoms with Gasteiger partial charge in [0.1, 0.15) is 5.82 Å². The predicted octanol–water partition coefficient (Wildman–Crippen LogP) is 1.46. The van der Waals surface area contributed by atoms with E-state index in [1.165, 1.54) is 12.1 Å². The van der Waals surface area contributed by atoms with Crippen molar-refractivity contribution in [3.63, 3.8) is 0 Å². The number of hydrogen-bond donors (Lipinski definition) is 2. The topological polar surface area (TPSA) is 118 Å². The number of morpholine rings is 1. The van der Waals surface area contributed by atoms with Gasteiger partial charge in [0.15, 0.2) is 5.25 Å². The third kappa shape index (κ3) is 4.27. The van der Waals surface area contributed by atoms with Crippen LogP contribution in [0.5, 0.6) is 0 Å². The van der Waals surface area contributed by atoms with E-state index in [-0.39, 0.29) is 16.6 Å². The Morgan fingerprint density at radius 2 is 2.03 bits per heavy atom. The van der Waals surface area contributed by atoms with Crippen LogP contribution in [0, 0.1) is 6.92 Å². The van der Waals surface area contributed by atoms with Crippen molar-refractivity contribution in [1.82, 2.24) is 9.88 Å². The second-order valence-electron chi connectivity index (χ2n) is 6.91. The minimum atomic E-state index is -3.89. The normalized spacial score (nSPS) is 19.0. The number of fused-ring (bicyclic) bond motifs is 1. The molecule has 0 bridgehead atoms. The van der Waals surface area contributed by atoms with Crippen LogP contribution in [0.25, 0.3) is 0 Å². The number of thioether (sulfide) groups is 1. The highest BCUT2D eigenvalue weighted by molar-refractivity contribution is 8.01. The highest BCUT2D eigenvalue weighted by Gasteiger charge is 2.36. The fraction of sp³-hybridized carbons (Fsp3) is 0.316. The number of hydrogen-bond acceptors (Lipinski definition) is 7. The second-order valence-corrected chi connectivity index (χ2v) is 9.74. The first-order valence-corrected chi connectivity index (χ1v) is 11.6. The van der Waals surface area contributed by atoms with Crippen molar-refractivity contribution < 1.29 is 22.7 Å². The van der Waals surface area contributed by atoms with E-state index < -0.39 is 21.2 Å². The van der Waals surface area contributed by atoms with Crippen LogP contribution in [0.2, 0.25) is 0 Å². The van der Waals surface area contributed by atoms with E-state index >= 15 is 0 Å². The molecule has 9 nitrogen and oxygen atoms in total. The molecule has 1 aromatic heterocycles. The summed E-state index contributed by atoms with van der Waals surface area (Å²) >= 11 is 1.12. The highest BCUT2D eigenvalue weighted by Crippen LogP contribution is 2.38. The number of nitrogens with one attached hydrogen (secondary N) is 2.